The van der Waals surface area contributed by atoms with Gasteiger partial charge in [0.15, 0.2) is 11.2 Å². The van der Waals surface area contributed by atoms with E-state index in [1.807, 2.05) is 0 Å². The molecular formula is C80H60N2O2. The van der Waals surface area contributed by atoms with Gasteiger partial charge in [0, 0.05) is 54.8 Å². The fourth-order valence-electron chi connectivity index (χ4n) is 13.5. The Balaban J connectivity index is 0.964. The van der Waals surface area contributed by atoms with Crippen LogP contribution in [0, 0.1) is 0 Å². The second-order valence-corrected chi connectivity index (χ2v) is 24.8. The number of furan rings is 2. The van der Waals surface area contributed by atoms with Gasteiger partial charge in [-0.1, -0.05) is 236 Å². The molecule has 4 nitrogen and oxygen atoms in total. The molecule has 0 saturated carbocycles. The number of hydrogen-bond acceptors (Lipinski definition) is 4. The molecule has 0 aliphatic carbocycles. The molecule has 0 N–H and O–H groups in total. The van der Waals surface area contributed by atoms with E-state index in [0.29, 0.717) is 0 Å². The number of rotatable bonds is 8. The van der Waals surface area contributed by atoms with Crippen LogP contribution in [-0.2, 0) is 10.8 Å². The van der Waals surface area contributed by atoms with Crippen LogP contribution in [0.2, 0.25) is 0 Å². The van der Waals surface area contributed by atoms with Crippen LogP contribution in [0.3, 0.4) is 0 Å². The smallest absolute Gasteiger partial charge is 0.159 e. The van der Waals surface area contributed by atoms with Crippen molar-refractivity contribution in [2.24, 2.45) is 0 Å². The summed E-state index contributed by atoms with van der Waals surface area (Å²) in [6.45, 7) is 13.8. The van der Waals surface area contributed by atoms with Crippen molar-refractivity contribution >= 4 is 132 Å². The van der Waals surface area contributed by atoms with Gasteiger partial charge in [0.2, 0.25) is 0 Å². The summed E-state index contributed by atoms with van der Waals surface area (Å²) in [5.74, 6) is 0. The Bertz CT molecular complexity index is 4950. The van der Waals surface area contributed by atoms with Crippen LogP contribution in [0.4, 0.5) is 34.1 Å². The van der Waals surface area contributed by atoms with Crippen molar-refractivity contribution in [2.45, 2.75) is 52.4 Å². The van der Waals surface area contributed by atoms with Gasteiger partial charge in [-0.05, 0) is 137 Å². The Morgan fingerprint density at radius 2 is 0.643 bits per heavy atom. The maximum atomic E-state index is 7.42. The molecule has 0 unspecified atom stereocenters. The third kappa shape index (κ3) is 7.74. The fourth-order valence-corrected chi connectivity index (χ4v) is 13.5. The van der Waals surface area contributed by atoms with Crippen LogP contribution in [0.1, 0.15) is 52.7 Å². The first-order valence-corrected chi connectivity index (χ1v) is 29.3. The maximum Gasteiger partial charge on any atom is 0.159 e. The van der Waals surface area contributed by atoms with Crippen LogP contribution in [0.25, 0.3) is 120 Å². The van der Waals surface area contributed by atoms with Crippen molar-refractivity contribution in [3.05, 3.63) is 266 Å². The van der Waals surface area contributed by atoms with E-state index in [0.717, 1.165) is 111 Å². The Morgan fingerprint density at radius 3 is 1.07 bits per heavy atom. The topological polar surface area (TPSA) is 32.8 Å². The molecule has 16 aromatic rings. The molecular weight excluding hydrogens is 1020 g/mol. The molecule has 0 fully saturated rings. The van der Waals surface area contributed by atoms with Gasteiger partial charge in [-0.25, -0.2) is 0 Å². The van der Waals surface area contributed by atoms with Gasteiger partial charge in [0.05, 0.1) is 22.7 Å². The van der Waals surface area contributed by atoms with Crippen LogP contribution >= 0.6 is 0 Å². The summed E-state index contributed by atoms with van der Waals surface area (Å²) in [6.07, 6.45) is 0. The largest absolute Gasteiger partial charge is 0.453 e. The molecule has 16 rings (SSSR count). The van der Waals surface area contributed by atoms with Crippen molar-refractivity contribution in [1.82, 2.24) is 0 Å². The third-order valence-electron chi connectivity index (χ3n) is 17.6. The standard InChI is InChI=1S/C80H60N2O2/c1-79(2,3)55-27-17-29-57(47-55)81(69-35-19-33-63-73-59-31-15-13-25-53(59)45-65(77(73)83-75(63)69)49-21-9-7-10-22-49)67-43-39-51-38-42-62-68(44-40-52-37-41-61(67)71(51)72(52)62)82(58-30-18-28-56(48-58)80(4,5)6)70-36-20-34-64-74-60-32-16-14-26-54(60)46-66(78(74)84-76(64)70)50-23-11-8-12-24-50/h7-48H,1-6H3. The highest BCUT2D eigenvalue weighted by atomic mass is 16.3. The average Bonchev–Trinajstić information content (AvgIpc) is 1.54. The lowest BCUT2D eigenvalue weighted by Crippen LogP contribution is -2.15. The molecule has 84 heavy (non-hydrogen) atoms. The van der Waals surface area contributed by atoms with Gasteiger partial charge in [-0.2, -0.15) is 0 Å². The zero-order valence-electron chi connectivity index (χ0n) is 48.0. The number of nitrogens with zero attached hydrogens (tertiary/aromatic N) is 2. The molecule has 2 heterocycles. The monoisotopic (exact) mass is 1080 g/mol. The minimum atomic E-state index is -0.0987. The van der Waals surface area contributed by atoms with Gasteiger partial charge >= 0.3 is 0 Å². The van der Waals surface area contributed by atoms with E-state index in [2.05, 4.69) is 306 Å². The molecule has 14 aromatic carbocycles. The number of benzene rings is 14. The van der Waals surface area contributed by atoms with Crippen molar-refractivity contribution in [3.63, 3.8) is 0 Å². The second kappa shape index (κ2) is 18.7. The van der Waals surface area contributed by atoms with Gasteiger partial charge in [-0.15, -0.1) is 0 Å². The normalized spacial score (nSPS) is 12.4. The Morgan fingerprint density at radius 1 is 0.262 bits per heavy atom. The lowest BCUT2D eigenvalue weighted by molar-refractivity contribution is 0.590. The third-order valence-corrected chi connectivity index (χ3v) is 17.6. The number of fused-ring (bicyclic) bond motifs is 10. The lowest BCUT2D eigenvalue weighted by atomic mass is 9.86. The van der Waals surface area contributed by atoms with Crippen molar-refractivity contribution < 1.29 is 8.83 Å². The highest BCUT2D eigenvalue weighted by Crippen LogP contribution is 2.53. The highest BCUT2D eigenvalue weighted by molar-refractivity contribution is 6.30. The van der Waals surface area contributed by atoms with E-state index in [1.54, 1.807) is 0 Å². The first-order chi connectivity index (χ1) is 40.9. The molecule has 0 saturated heterocycles. The maximum absolute atomic E-state index is 7.42. The number of para-hydroxylation sites is 2. The van der Waals surface area contributed by atoms with Crippen molar-refractivity contribution in [1.29, 1.82) is 0 Å². The first kappa shape index (κ1) is 49.6. The second-order valence-electron chi connectivity index (χ2n) is 24.8. The average molecular weight is 1080 g/mol. The quantitative estimate of drug-likeness (QED) is 0.142. The highest BCUT2D eigenvalue weighted by Gasteiger charge is 2.29. The van der Waals surface area contributed by atoms with Crippen LogP contribution in [-0.4, -0.2) is 0 Å². The zero-order valence-corrected chi connectivity index (χ0v) is 48.0. The summed E-state index contributed by atoms with van der Waals surface area (Å²) in [5.41, 5.74) is 16.3. The Labute approximate surface area is 488 Å². The Kier molecular flexibility index (Phi) is 11.0. The summed E-state index contributed by atoms with van der Waals surface area (Å²) in [7, 11) is 0. The van der Waals surface area contributed by atoms with E-state index < -0.39 is 0 Å². The van der Waals surface area contributed by atoms with Gasteiger partial charge in [-0.3, -0.25) is 0 Å². The number of hydrogen-bond donors (Lipinski definition) is 0. The Hall–Kier alpha value is -10.2. The molecule has 0 amide bonds. The van der Waals surface area contributed by atoms with E-state index in [9.17, 15) is 0 Å². The first-order valence-electron chi connectivity index (χ1n) is 29.3. The van der Waals surface area contributed by atoms with Gasteiger partial charge in [0.1, 0.15) is 11.2 Å². The fraction of sp³-hybridized carbons (Fsp3) is 0.100. The van der Waals surface area contributed by atoms with E-state index >= 15 is 0 Å². The van der Waals surface area contributed by atoms with E-state index in [1.165, 1.54) is 54.2 Å². The molecule has 0 atom stereocenters. The molecule has 0 spiro atoms. The molecule has 2 aromatic heterocycles. The van der Waals surface area contributed by atoms with E-state index in [-0.39, 0.29) is 10.8 Å². The summed E-state index contributed by atoms with van der Waals surface area (Å²) in [4.78, 5) is 4.91. The summed E-state index contributed by atoms with van der Waals surface area (Å²) < 4.78 is 14.8. The molecule has 0 aliphatic heterocycles. The summed E-state index contributed by atoms with van der Waals surface area (Å²) in [5, 5.41) is 16.2. The SMILES string of the molecule is CC(C)(C)c1cccc(N(c2ccc3ccc4c(N(c5cccc(C(C)(C)C)c5)c5cccc6c5oc5c(-c7ccccc7)cc7ccccc7c56)ccc5ccc2c3c54)c2cccc3c2oc2c(-c4ccccc4)cc4ccccc4c23)c1. The predicted molar refractivity (Wildman–Crippen MR) is 357 cm³/mol. The molecule has 0 aliphatic rings. The lowest BCUT2D eigenvalue weighted by Gasteiger charge is -2.30. The number of anilines is 6. The van der Waals surface area contributed by atoms with Crippen molar-refractivity contribution in [3.8, 4) is 22.3 Å². The van der Waals surface area contributed by atoms with Gasteiger partial charge in [0.25, 0.3) is 0 Å². The zero-order chi connectivity index (χ0) is 56.6. The molecule has 0 radical (unpaired) electrons. The van der Waals surface area contributed by atoms with Crippen LogP contribution < -0.4 is 9.80 Å². The molecule has 0 bridgehead atoms. The summed E-state index contributed by atoms with van der Waals surface area (Å²) >= 11 is 0. The molecule has 4 heteroatoms. The van der Waals surface area contributed by atoms with Gasteiger partial charge < -0.3 is 18.6 Å². The summed E-state index contributed by atoms with van der Waals surface area (Å²) in [6, 6.07) is 93.5. The van der Waals surface area contributed by atoms with Crippen molar-refractivity contribution in [2.75, 3.05) is 9.80 Å². The predicted octanol–water partition coefficient (Wildman–Crippen LogP) is 23.6. The molecule has 402 valence electrons. The van der Waals surface area contributed by atoms with Crippen LogP contribution in [0.15, 0.2) is 264 Å². The van der Waals surface area contributed by atoms with Crippen LogP contribution in [0.5, 0.6) is 0 Å². The minimum Gasteiger partial charge on any atom is -0.453 e. The minimum absolute atomic E-state index is 0.0987. The van der Waals surface area contributed by atoms with E-state index in [4.69, 9.17) is 8.83 Å².